The molecular weight excluding hydrogens is 348 g/mol. The maximum Gasteiger partial charge on any atom is 0.233 e. The third-order valence-electron chi connectivity index (χ3n) is 5.80. The zero-order valence-corrected chi connectivity index (χ0v) is 15.9. The summed E-state index contributed by atoms with van der Waals surface area (Å²) in [4.78, 5) is 32.2. The Morgan fingerprint density at radius 3 is 2.50 bits per heavy atom. The van der Waals surface area contributed by atoms with Crippen molar-refractivity contribution in [1.82, 2.24) is 15.5 Å². The Balaban J connectivity index is 1.28. The van der Waals surface area contributed by atoms with Crippen LogP contribution in [0.5, 0.6) is 0 Å². The van der Waals surface area contributed by atoms with Crippen LogP contribution in [0.1, 0.15) is 16.9 Å². The van der Waals surface area contributed by atoms with Crippen molar-refractivity contribution in [2.45, 2.75) is 19.9 Å². The zero-order chi connectivity index (χ0) is 18.3. The van der Waals surface area contributed by atoms with Crippen molar-refractivity contribution >= 4 is 29.1 Å². The monoisotopic (exact) mass is 372 g/mol. The molecule has 1 saturated heterocycles. The van der Waals surface area contributed by atoms with Crippen molar-refractivity contribution in [3.63, 3.8) is 0 Å². The molecule has 7 heteroatoms. The zero-order valence-electron chi connectivity index (χ0n) is 15.1. The van der Waals surface area contributed by atoms with E-state index in [9.17, 15) is 9.59 Å². The molecular formula is C19H24N4O2S. The lowest BCUT2D eigenvalue weighted by molar-refractivity contribution is -0.140. The van der Waals surface area contributed by atoms with E-state index in [0.29, 0.717) is 25.6 Å². The predicted octanol–water partition coefficient (Wildman–Crippen LogP) is 1.53. The number of carbonyl (C=O) groups excluding carboxylic acids is 2. The maximum absolute atomic E-state index is 12.7. The second-order valence-electron chi connectivity index (χ2n) is 7.21. The van der Waals surface area contributed by atoms with Gasteiger partial charge < -0.3 is 10.6 Å². The Bertz CT molecular complexity index is 754. The van der Waals surface area contributed by atoms with Crippen molar-refractivity contribution < 1.29 is 9.59 Å². The summed E-state index contributed by atoms with van der Waals surface area (Å²) in [5.74, 6) is 1.00. The van der Waals surface area contributed by atoms with E-state index < -0.39 is 0 Å². The van der Waals surface area contributed by atoms with Gasteiger partial charge in [0.05, 0.1) is 18.4 Å². The molecule has 1 saturated carbocycles. The lowest BCUT2D eigenvalue weighted by Gasteiger charge is -2.18. The first kappa shape index (κ1) is 17.3. The molecule has 2 heterocycles. The van der Waals surface area contributed by atoms with Crippen LogP contribution in [0.25, 0.3) is 0 Å². The Labute approximate surface area is 157 Å². The molecule has 2 aliphatic carbocycles. The number of rotatable bonds is 5. The number of hydrogen-bond acceptors (Lipinski definition) is 4. The number of nitrogens with zero attached hydrogens (tertiary/aromatic N) is 2. The standard InChI is InChI=1S/C19H24N4O2S/c1-11-5-8-26-14(11)10-22-19(20-2)21-6-7-23-17(24)15-12-3-4-13(9-12)16(15)18(23)25/h3-5,8,12-13,15-16H,6-7,9-10H2,1-2H3,(H2,20,21,22). The quantitative estimate of drug-likeness (QED) is 0.356. The summed E-state index contributed by atoms with van der Waals surface area (Å²) in [6.45, 7) is 3.70. The smallest absolute Gasteiger partial charge is 0.233 e. The number of thiophene rings is 1. The fourth-order valence-corrected chi connectivity index (χ4v) is 5.29. The molecule has 2 amide bonds. The Morgan fingerprint density at radius 2 is 1.92 bits per heavy atom. The van der Waals surface area contributed by atoms with Crippen LogP contribution in [0, 0.1) is 30.6 Å². The van der Waals surface area contributed by atoms with Crippen LogP contribution in [0.4, 0.5) is 0 Å². The van der Waals surface area contributed by atoms with Gasteiger partial charge in [-0.05, 0) is 42.2 Å². The van der Waals surface area contributed by atoms with Gasteiger partial charge in [0.1, 0.15) is 0 Å². The van der Waals surface area contributed by atoms with Gasteiger partial charge >= 0.3 is 0 Å². The van der Waals surface area contributed by atoms with E-state index in [2.05, 4.69) is 46.1 Å². The fourth-order valence-electron chi connectivity index (χ4n) is 4.44. The normalized spacial score (nSPS) is 29.6. The molecule has 4 rings (SSSR count). The average Bonchev–Trinajstić information content (AvgIpc) is 3.39. The Kier molecular flexibility index (Phi) is 4.56. The van der Waals surface area contributed by atoms with E-state index in [0.717, 1.165) is 6.42 Å². The lowest BCUT2D eigenvalue weighted by atomic mass is 9.85. The Hall–Kier alpha value is -2.15. The van der Waals surface area contributed by atoms with E-state index >= 15 is 0 Å². The highest BCUT2D eigenvalue weighted by molar-refractivity contribution is 7.10. The molecule has 138 valence electrons. The van der Waals surface area contributed by atoms with E-state index in [1.165, 1.54) is 15.3 Å². The number of imide groups is 1. The number of amides is 2. The molecule has 0 spiro atoms. The first-order valence-electron chi connectivity index (χ1n) is 9.11. The summed E-state index contributed by atoms with van der Waals surface area (Å²) in [5, 5.41) is 8.56. The second kappa shape index (κ2) is 6.87. The molecule has 3 aliphatic rings. The van der Waals surface area contributed by atoms with Crippen molar-refractivity contribution in [3.05, 3.63) is 34.0 Å². The summed E-state index contributed by atoms with van der Waals surface area (Å²) in [7, 11) is 1.72. The molecule has 4 unspecified atom stereocenters. The van der Waals surface area contributed by atoms with Crippen molar-refractivity contribution in [1.29, 1.82) is 0 Å². The van der Waals surface area contributed by atoms with Crippen LogP contribution < -0.4 is 10.6 Å². The minimum Gasteiger partial charge on any atom is -0.355 e. The van der Waals surface area contributed by atoms with Gasteiger partial charge in [0.2, 0.25) is 11.8 Å². The van der Waals surface area contributed by atoms with Crippen LogP contribution >= 0.6 is 11.3 Å². The van der Waals surface area contributed by atoms with Crippen LogP contribution in [-0.4, -0.2) is 42.8 Å². The van der Waals surface area contributed by atoms with Gasteiger partial charge in [-0.25, -0.2) is 0 Å². The van der Waals surface area contributed by atoms with Crippen molar-refractivity contribution in [2.24, 2.45) is 28.7 Å². The van der Waals surface area contributed by atoms with Crippen LogP contribution in [0.2, 0.25) is 0 Å². The van der Waals surface area contributed by atoms with Gasteiger partial charge in [0.25, 0.3) is 0 Å². The SMILES string of the molecule is CN=C(NCCN1C(=O)C2C3C=CC(C3)C2C1=O)NCc1sccc1C. The highest BCUT2D eigenvalue weighted by Gasteiger charge is 2.58. The van der Waals surface area contributed by atoms with Crippen LogP contribution in [0.15, 0.2) is 28.6 Å². The third kappa shape index (κ3) is 2.84. The molecule has 2 fully saturated rings. The lowest BCUT2D eigenvalue weighted by Crippen LogP contribution is -2.43. The summed E-state index contributed by atoms with van der Waals surface area (Å²) in [6.07, 6.45) is 5.21. The van der Waals surface area contributed by atoms with Gasteiger partial charge in [0.15, 0.2) is 5.96 Å². The number of guanidine groups is 1. The van der Waals surface area contributed by atoms with E-state index in [1.54, 1.807) is 18.4 Å². The van der Waals surface area contributed by atoms with Gasteiger partial charge in [-0.15, -0.1) is 11.3 Å². The highest BCUT2D eigenvalue weighted by Crippen LogP contribution is 2.52. The number of carbonyl (C=O) groups is 2. The summed E-state index contributed by atoms with van der Waals surface area (Å²) >= 11 is 1.71. The highest BCUT2D eigenvalue weighted by atomic mass is 32.1. The van der Waals surface area contributed by atoms with E-state index in [-0.39, 0.29) is 35.5 Å². The number of allylic oxidation sites excluding steroid dienone is 2. The molecule has 1 aromatic rings. The molecule has 1 aliphatic heterocycles. The van der Waals surface area contributed by atoms with Gasteiger partial charge in [0, 0.05) is 25.0 Å². The topological polar surface area (TPSA) is 73.8 Å². The molecule has 0 aromatic carbocycles. The third-order valence-corrected chi connectivity index (χ3v) is 6.82. The average molecular weight is 372 g/mol. The number of fused-ring (bicyclic) bond motifs is 5. The van der Waals surface area contributed by atoms with E-state index in [1.807, 2.05) is 0 Å². The first-order valence-corrected chi connectivity index (χ1v) is 9.99. The van der Waals surface area contributed by atoms with Crippen LogP contribution in [0.3, 0.4) is 0 Å². The number of likely N-dealkylation sites (tertiary alicyclic amines) is 1. The number of aliphatic imine (C=N–C) groups is 1. The van der Waals surface area contributed by atoms with Gasteiger partial charge in [-0.1, -0.05) is 12.2 Å². The van der Waals surface area contributed by atoms with E-state index in [4.69, 9.17) is 0 Å². The van der Waals surface area contributed by atoms with Gasteiger partial charge in [-0.3, -0.25) is 19.5 Å². The summed E-state index contributed by atoms with van der Waals surface area (Å²) < 4.78 is 0. The first-order chi connectivity index (χ1) is 12.6. The van der Waals surface area contributed by atoms with Crippen molar-refractivity contribution in [3.8, 4) is 0 Å². The Morgan fingerprint density at radius 1 is 1.23 bits per heavy atom. The fraction of sp³-hybridized carbons (Fsp3) is 0.526. The summed E-state index contributed by atoms with van der Waals surface area (Å²) in [5.41, 5.74) is 1.26. The minimum absolute atomic E-state index is 0.0100. The largest absolute Gasteiger partial charge is 0.355 e. The number of hydrogen-bond donors (Lipinski definition) is 2. The molecule has 2 bridgehead atoms. The molecule has 0 radical (unpaired) electrons. The maximum atomic E-state index is 12.7. The molecule has 4 atom stereocenters. The second-order valence-corrected chi connectivity index (χ2v) is 8.21. The van der Waals surface area contributed by atoms with Gasteiger partial charge in [-0.2, -0.15) is 0 Å². The number of aryl methyl sites for hydroxylation is 1. The minimum atomic E-state index is -0.114. The summed E-state index contributed by atoms with van der Waals surface area (Å²) in [6, 6.07) is 2.10. The molecule has 2 N–H and O–H groups in total. The molecule has 1 aromatic heterocycles. The van der Waals surface area contributed by atoms with Crippen LogP contribution in [-0.2, 0) is 16.1 Å². The molecule has 6 nitrogen and oxygen atoms in total. The predicted molar refractivity (Wildman–Crippen MR) is 102 cm³/mol. The molecule has 26 heavy (non-hydrogen) atoms. The van der Waals surface area contributed by atoms with Crippen molar-refractivity contribution in [2.75, 3.05) is 20.1 Å². The number of nitrogens with one attached hydrogen (secondary N) is 2.